The summed E-state index contributed by atoms with van der Waals surface area (Å²) in [5, 5.41) is 2.99. The van der Waals surface area contributed by atoms with E-state index in [0.717, 1.165) is 5.92 Å². The van der Waals surface area contributed by atoms with Crippen LogP contribution in [-0.2, 0) is 4.79 Å². The lowest BCUT2D eigenvalue weighted by atomic mass is 9.80. The van der Waals surface area contributed by atoms with Crippen molar-refractivity contribution in [3.8, 4) is 0 Å². The number of likely N-dealkylation sites (N-methyl/N-ethyl adjacent to an activating group) is 1. The molecular formula is C12H23N3O. The maximum Gasteiger partial charge on any atom is 0.217 e. The number of rotatable bonds is 3. The van der Waals surface area contributed by atoms with Gasteiger partial charge in [0.25, 0.3) is 0 Å². The standard InChI is InChI=1S/C12H23N3O/c1-10(16)13-12-7-11(8-12)9-15-5-3-14(2)4-6-15/h11-12H,3-9H2,1-2H3,(H,13,16). The number of carbonyl (C=O) groups excluding carboxylic acids is 1. The molecule has 1 amide bonds. The smallest absolute Gasteiger partial charge is 0.217 e. The van der Waals surface area contributed by atoms with Gasteiger partial charge in [0.15, 0.2) is 0 Å². The fourth-order valence-electron chi connectivity index (χ4n) is 2.69. The molecule has 0 spiro atoms. The number of hydrogen-bond acceptors (Lipinski definition) is 3. The van der Waals surface area contributed by atoms with Crippen molar-refractivity contribution >= 4 is 5.91 Å². The molecule has 2 aliphatic rings. The molecule has 1 aliphatic carbocycles. The van der Waals surface area contributed by atoms with Crippen molar-refractivity contribution in [1.29, 1.82) is 0 Å². The highest BCUT2D eigenvalue weighted by atomic mass is 16.1. The van der Waals surface area contributed by atoms with Crippen molar-refractivity contribution < 1.29 is 4.79 Å². The van der Waals surface area contributed by atoms with E-state index >= 15 is 0 Å². The first-order valence-electron chi connectivity index (χ1n) is 6.31. The summed E-state index contributed by atoms with van der Waals surface area (Å²) in [6.07, 6.45) is 2.35. The van der Waals surface area contributed by atoms with Crippen molar-refractivity contribution in [1.82, 2.24) is 15.1 Å². The predicted octanol–water partition coefficient (Wildman–Crippen LogP) is 0.149. The first kappa shape index (κ1) is 11.9. The zero-order chi connectivity index (χ0) is 11.5. The van der Waals surface area contributed by atoms with Crippen LogP contribution in [0.25, 0.3) is 0 Å². The zero-order valence-corrected chi connectivity index (χ0v) is 10.4. The van der Waals surface area contributed by atoms with Gasteiger partial charge < -0.3 is 15.1 Å². The third kappa shape index (κ3) is 3.19. The average Bonchev–Trinajstić information content (AvgIpc) is 2.17. The van der Waals surface area contributed by atoms with E-state index in [0.29, 0.717) is 6.04 Å². The Morgan fingerprint density at radius 1 is 1.25 bits per heavy atom. The Bertz CT molecular complexity index is 243. The molecule has 4 nitrogen and oxygen atoms in total. The van der Waals surface area contributed by atoms with Crippen LogP contribution in [0.2, 0.25) is 0 Å². The molecule has 0 unspecified atom stereocenters. The van der Waals surface area contributed by atoms with Crippen molar-refractivity contribution in [2.24, 2.45) is 5.92 Å². The summed E-state index contributed by atoms with van der Waals surface area (Å²) in [4.78, 5) is 15.8. The van der Waals surface area contributed by atoms with Gasteiger partial charge in [0, 0.05) is 45.7 Å². The lowest BCUT2D eigenvalue weighted by Crippen LogP contribution is -2.51. The van der Waals surface area contributed by atoms with E-state index in [4.69, 9.17) is 0 Å². The van der Waals surface area contributed by atoms with Gasteiger partial charge in [-0.1, -0.05) is 0 Å². The molecule has 2 rings (SSSR count). The number of carbonyl (C=O) groups is 1. The van der Waals surface area contributed by atoms with Crippen LogP contribution in [0, 0.1) is 5.92 Å². The third-order valence-corrected chi connectivity index (χ3v) is 3.76. The number of nitrogens with one attached hydrogen (secondary N) is 1. The number of nitrogens with zero attached hydrogens (tertiary/aromatic N) is 2. The van der Waals surface area contributed by atoms with Gasteiger partial charge >= 0.3 is 0 Å². The van der Waals surface area contributed by atoms with Crippen molar-refractivity contribution in [3.05, 3.63) is 0 Å². The molecule has 4 heteroatoms. The zero-order valence-electron chi connectivity index (χ0n) is 10.4. The van der Waals surface area contributed by atoms with E-state index in [9.17, 15) is 4.79 Å². The Morgan fingerprint density at radius 3 is 2.44 bits per heavy atom. The van der Waals surface area contributed by atoms with Crippen LogP contribution >= 0.6 is 0 Å². The Balaban J connectivity index is 1.60. The summed E-state index contributed by atoms with van der Waals surface area (Å²) < 4.78 is 0. The second-order valence-electron chi connectivity index (χ2n) is 5.34. The summed E-state index contributed by atoms with van der Waals surface area (Å²) in [6, 6.07) is 0.454. The van der Waals surface area contributed by atoms with Gasteiger partial charge in [0.1, 0.15) is 0 Å². The van der Waals surface area contributed by atoms with E-state index in [1.54, 1.807) is 6.92 Å². The molecule has 0 aromatic rings. The Morgan fingerprint density at radius 2 is 1.88 bits per heavy atom. The lowest BCUT2D eigenvalue weighted by molar-refractivity contribution is -0.120. The number of hydrogen-bond donors (Lipinski definition) is 1. The molecule has 1 aliphatic heterocycles. The quantitative estimate of drug-likeness (QED) is 0.742. The molecule has 0 radical (unpaired) electrons. The van der Waals surface area contributed by atoms with Gasteiger partial charge in [-0.05, 0) is 25.8 Å². The molecule has 1 saturated carbocycles. The van der Waals surface area contributed by atoms with Crippen molar-refractivity contribution in [2.45, 2.75) is 25.8 Å². The molecule has 1 saturated heterocycles. The molecule has 1 heterocycles. The first-order valence-corrected chi connectivity index (χ1v) is 6.31. The first-order chi connectivity index (χ1) is 7.63. The summed E-state index contributed by atoms with van der Waals surface area (Å²) in [6.45, 7) is 7.64. The minimum Gasteiger partial charge on any atom is -0.354 e. The molecule has 2 fully saturated rings. The molecule has 0 aromatic carbocycles. The van der Waals surface area contributed by atoms with Gasteiger partial charge in [-0.15, -0.1) is 0 Å². The van der Waals surface area contributed by atoms with Crippen molar-refractivity contribution in [3.63, 3.8) is 0 Å². The van der Waals surface area contributed by atoms with Crippen LogP contribution in [0.5, 0.6) is 0 Å². The Kier molecular flexibility index (Phi) is 3.82. The molecule has 16 heavy (non-hydrogen) atoms. The number of amides is 1. The van der Waals surface area contributed by atoms with Gasteiger partial charge in [0.2, 0.25) is 5.91 Å². The van der Waals surface area contributed by atoms with Crippen LogP contribution in [0.4, 0.5) is 0 Å². The van der Waals surface area contributed by atoms with E-state index in [1.807, 2.05) is 0 Å². The molecule has 0 bridgehead atoms. The second kappa shape index (κ2) is 5.15. The van der Waals surface area contributed by atoms with Crippen LogP contribution < -0.4 is 5.32 Å². The molecule has 0 atom stereocenters. The minimum atomic E-state index is 0.114. The van der Waals surface area contributed by atoms with E-state index in [1.165, 1.54) is 45.6 Å². The van der Waals surface area contributed by atoms with Crippen LogP contribution in [0.15, 0.2) is 0 Å². The van der Waals surface area contributed by atoms with E-state index in [2.05, 4.69) is 22.2 Å². The second-order valence-corrected chi connectivity index (χ2v) is 5.34. The summed E-state index contributed by atoms with van der Waals surface area (Å²) in [7, 11) is 2.19. The fraction of sp³-hybridized carbons (Fsp3) is 0.917. The predicted molar refractivity (Wildman–Crippen MR) is 64.3 cm³/mol. The molecule has 0 aromatic heterocycles. The topological polar surface area (TPSA) is 35.6 Å². The van der Waals surface area contributed by atoms with E-state index < -0.39 is 0 Å². The third-order valence-electron chi connectivity index (χ3n) is 3.76. The molecular weight excluding hydrogens is 202 g/mol. The van der Waals surface area contributed by atoms with Crippen LogP contribution in [-0.4, -0.2) is 61.5 Å². The SMILES string of the molecule is CC(=O)NC1CC(CN2CCN(C)CC2)C1. The normalized spacial score (nSPS) is 32.1. The van der Waals surface area contributed by atoms with Gasteiger partial charge in [-0.25, -0.2) is 0 Å². The number of piperazine rings is 1. The van der Waals surface area contributed by atoms with Crippen LogP contribution in [0.1, 0.15) is 19.8 Å². The molecule has 92 valence electrons. The summed E-state index contributed by atoms with van der Waals surface area (Å²) in [5.41, 5.74) is 0. The summed E-state index contributed by atoms with van der Waals surface area (Å²) in [5.74, 6) is 0.920. The monoisotopic (exact) mass is 225 g/mol. The highest BCUT2D eigenvalue weighted by Gasteiger charge is 2.31. The van der Waals surface area contributed by atoms with Gasteiger partial charge in [0.05, 0.1) is 0 Å². The van der Waals surface area contributed by atoms with Crippen LogP contribution in [0.3, 0.4) is 0 Å². The maximum absolute atomic E-state index is 10.9. The largest absolute Gasteiger partial charge is 0.354 e. The summed E-state index contributed by atoms with van der Waals surface area (Å²) >= 11 is 0. The molecule has 1 N–H and O–H groups in total. The average molecular weight is 225 g/mol. The van der Waals surface area contributed by atoms with Gasteiger partial charge in [-0.2, -0.15) is 0 Å². The highest BCUT2D eigenvalue weighted by Crippen LogP contribution is 2.28. The maximum atomic E-state index is 10.9. The van der Waals surface area contributed by atoms with Crippen molar-refractivity contribution in [2.75, 3.05) is 39.8 Å². The van der Waals surface area contributed by atoms with Gasteiger partial charge in [-0.3, -0.25) is 4.79 Å². The fourth-order valence-corrected chi connectivity index (χ4v) is 2.69. The minimum absolute atomic E-state index is 0.114. The Hall–Kier alpha value is -0.610. The lowest BCUT2D eigenvalue weighted by Gasteiger charge is -2.41. The van der Waals surface area contributed by atoms with E-state index in [-0.39, 0.29) is 5.91 Å². The highest BCUT2D eigenvalue weighted by molar-refractivity contribution is 5.73. The Labute approximate surface area is 98.0 Å².